The Balaban J connectivity index is 1.73. The molecule has 132 valence electrons. The van der Waals surface area contributed by atoms with E-state index in [4.69, 9.17) is 11.6 Å². The van der Waals surface area contributed by atoms with Crippen LogP contribution in [0.15, 0.2) is 48.8 Å². The second kappa shape index (κ2) is 7.49. The number of hydrogen-bond donors (Lipinski definition) is 2. The molecule has 1 heterocycles. The van der Waals surface area contributed by atoms with E-state index in [1.165, 1.54) is 30.6 Å². The molecule has 3 rings (SSSR count). The van der Waals surface area contributed by atoms with Crippen molar-refractivity contribution in [2.75, 3.05) is 10.6 Å². The summed E-state index contributed by atoms with van der Waals surface area (Å²) in [6, 6.07) is 9.49. The van der Waals surface area contributed by atoms with Gasteiger partial charge in [0.05, 0.1) is 16.3 Å². The number of aromatic nitrogens is 2. The minimum atomic E-state index is -0.427. The Hall–Kier alpha value is -2.99. The lowest BCUT2D eigenvalue weighted by Gasteiger charge is -2.11. The quantitative estimate of drug-likeness (QED) is 0.686. The van der Waals surface area contributed by atoms with Gasteiger partial charge in [-0.1, -0.05) is 23.7 Å². The van der Waals surface area contributed by atoms with Crippen molar-refractivity contribution in [3.8, 4) is 0 Å². The molecule has 0 saturated carbocycles. The maximum atomic E-state index is 13.2. The van der Waals surface area contributed by atoms with E-state index in [1.54, 1.807) is 6.07 Å². The van der Waals surface area contributed by atoms with Gasteiger partial charge in [0.1, 0.15) is 5.82 Å². The summed E-state index contributed by atoms with van der Waals surface area (Å²) >= 11 is 6.26. The molecule has 2 aromatic carbocycles. The van der Waals surface area contributed by atoms with Gasteiger partial charge in [-0.25, -0.2) is 14.4 Å². The molecule has 3 aromatic rings. The van der Waals surface area contributed by atoms with Gasteiger partial charge in [0.15, 0.2) is 0 Å². The number of hydrogen-bond acceptors (Lipinski definition) is 4. The lowest BCUT2D eigenvalue weighted by molar-refractivity contribution is 0.102. The SMILES string of the molecule is Cc1cc(C)c(Nc2ncc(C(=O)Nc3cccc(F)c3)cn2)c(Cl)c1. The van der Waals surface area contributed by atoms with Crippen LogP contribution in [0, 0.1) is 19.7 Å². The molecule has 1 amide bonds. The fourth-order valence-electron chi connectivity index (χ4n) is 2.47. The Morgan fingerprint density at radius 3 is 2.50 bits per heavy atom. The van der Waals surface area contributed by atoms with E-state index in [1.807, 2.05) is 26.0 Å². The average Bonchev–Trinajstić information content (AvgIpc) is 2.58. The molecule has 0 aliphatic carbocycles. The van der Waals surface area contributed by atoms with Gasteiger partial charge >= 0.3 is 0 Å². The second-order valence-corrected chi connectivity index (χ2v) is 6.23. The summed E-state index contributed by atoms with van der Waals surface area (Å²) in [7, 11) is 0. The number of rotatable bonds is 4. The number of anilines is 3. The first-order valence-corrected chi connectivity index (χ1v) is 8.23. The van der Waals surface area contributed by atoms with Crippen molar-refractivity contribution >= 4 is 34.8 Å². The molecule has 0 aliphatic rings. The zero-order chi connectivity index (χ0) is 18.7. The summed E-state index contributed by atoms with van der Waals surface area (Å²) in [5.74, 6) is -0.531. The highest BCUT2D eigenvalue weighted by Gasteiger charge is 2.10. The molecular weight excluding hydrogens is 355 g/mol. The highest BCUT2D eigenvalue weighted by Crippen LogP contribution is 2.29. The minimum absolute atomic E-state index is 0.256. The predicted octanol–water partition coefficient (Wildman–Crippen LogP) is 4.88. The Morgan fingerprint density at radius 2 is 1.85 bits per heavy atom. The van der Waals surface area contributed by atoms with Crippen molar-refractivity contribution in [2.45, 2.75) is 13.8 Å². The molecule has 5 nitrogen and oxygen atoms in total. The summed E-state index contributed by atoms with van der Waals surface area (Å²) in [5.41, 5.74) is 3.36. The topological polar surface area (TPSA) is 66.9 Å². The predicted molar refractivity (Wildman–Crippen MR) is 101 cm³/mol. The van der Waals surface area contributed by atoms with Gasteiger partial charge < -0.3 is 10.6 Å². The molecule has 0 spiro atoms. The van der Waals surface area contributed by atoms with Crippen LogP contribution in [0.1, 0.15) is 21.5 Å². The van der Waals surface area contributed by atoms with E-state index >= 15 is 0 Å². The molecule has 0 radical (unpaired) electrons. The van der Waals surface area contributed by atoms with Gasteiger partial charge in [0, 0.05) is 18.1 Å². The molecule has 2 N–H and O–H groups in total. The molecule has 0 bridgehead atoms. The number of amides is 1. The van der Waals surface area contributed by atoms with Crippen molar-refractivity contribution in [3.05, 3.63) is 76.3 Å². The van der Waals surface area contributed by atoms with Crippen LogP contribution in [0.4, 0.5) is 21.7 Å². The van der Waals surface area contributed by atoms with Crippen LogP contribution in [0.3, 0.4) is 0 Å². The van der Waals surface area contributed by atoms with Gasteiger partial charge in [0.2, 0.25) is 5.95 Å². The Kier molecular flexibility index (Phi) is 5.14. The molecule has 0 aliphatic heterocycles. The third-order valence-corrected chi connectivity index (χ3v) is 3.96. The van der Waals surface area contributed by atoms with Crippen LogP contribution in [-0.4, -0.2) is 15.9 Å². The number of nitrogens with zero attached hydrogens (tertiary/aromatic N) is 2. The standard InChI is InChI=1S/C19H16ClFN4O/c1-11-6-12(2)17(16(20)7-11)25-19-22-9-13(10-23-19)18(26)24-15-5-3-4-14(21)8-15/h3-10H,1-2H3,(H,24,26)(H,22,23,25). The smallest absolute Gasteiger partial charge is 0.258 e. The molecular formula is C19H16ClFN4O. The third kappa shape index (κ3) is 4.15. The zero-order valence-corrected chi connectivity index (χ0v) is 14.9. The number of carbonyl (C=O) groups is 1. The first-order chi connectivity index (χ1) is 12.4. The monoisotopic (exact) mass is 370 g/mol. The van der Waals surface area contributed by atoms with Crippen LogP contribution >= 0.6 is 11.6 Å². The van der Waals surface area contributed by atoms with Gasteiger partial charge in [-0.05, 0) is 49.2 Å². The van der Waals surface area contributed by atoms with Gasteiger partial charge in [-0.2, -0.15) is 0 Å². The first-order valence-electron chi connectivity index (χ1n) is 7.85. The molecule has 26 heavy (non-hydrogen) atoms. The second-order valence-electron chi connectivity index (χ2n) is 5.82. The zero-order valence-electron chi connectivity index (χ0n) is 14.2. The molecule has 0 saturated heterocycles. The summed E-state index contributed by atoms with van der Waals surface area (Å²) in [5, 5.41) is 6.22. The normalized spacial score (nSPS) is 10.5. The highest BCUT2D eigenvalue weighted by atomic mass is 35.5. The third-order valence-electron chi connectivity index (χ3n) is 3.67. The van der Waals surface area contributed by atoms with Crippen molar-refractivity contribution in [3.63, 3.8) is 0 Å². The van der Waals surface area contributed by atoms with E-state index in [-0.39, 0.29) is 5.56 Å². The van der Waals surface area contributed by atoms with Crippen LogP contribution < -0.4 is 10.6 Å². The van der Waals surface area contributed by atoms with E-state index < -0.39 is 11.7 Å². The van der Waals surface area contributed by atoms with Crippen LogP contribution in [-0.2, 0) is 0 Å². The number of halogens is 2. The lowest BCUT2D eigenvalue weighted by atomic mass is 10.1. The number of carbonyl (C=O) groups excluding carboxylic acids is 1. The fourth-order valence-corrected chi connectivity index (χ4v) is 2.83. The van der Waals surface area contributed by atoms with Crippen LogP contribution in [0.2, 0.25) is 5.02 Å². The molecule has 1 aromatic heterocycles. The van der Waals surface area contributed by atoms with E-state index in [9.17, 15) is 9.18 Å². The van der Waals surface area contributed by atoms with Gasteiger partial charge in [-0.15, -0.1) is 0 Å². The number of benzene rings is 2. The maximum absolute atomic E-state index is 13.2. The maximum Gasteiger partial charge on any atom is 0.258 e. The van der Waals surface area contributed by atoms with Crippen molar-refractivity contribution in [1.82, 2.24) is 9.97 Å². The van der Waals surface area contributed by atoms with Crippen molar-refractivity contribution < 1.29 is 9.18 Å². The Morgan fingerprint density at radius 1 is 1.12 bits per heavy atom. The van der Waals surface area contributed by atoms with Crippen LogP contribution in [0.25, 0.3) is 0 Å². The number of nitrogens with one attached hydrogen (secondary N) is 2. The van der Waals surface area contributed by atoms with Crippen molar-refractivity contribution in [1.29, 1.82) is 0 Å². The Bertz CT molecular complexity index is 937. The molecule has 0 unspecified atom stereocenters. The largest absolute Gasteiger partial charge is 0.323 e. The summed E-state index contributed by atoms with van der Waals surface area (Å²) in [4.78, 5) is 20.5. The van der Waals surface area contributed by atoms with Crippen LogP contribution in [0.5, 0.6) is 0 Å². The van der Waals surface area contributed by atoms with Gasteiger partial charge in [0.25, 0.3) is 5.91 Å². The van der Waals surface area contributed by atoms with E-state index in [0.29, 0.717) is 22.3 Å². The number of aryl methyl sites for hydroxylation is 2. The minimum Gasteiger partial charge on any atom is -0.323 e. The summed E-state index contributed by atoms with van der Waals surface area (Å²) in [6.45, 7) is 3.90. The fraction of sp³-hybridized carbons (Fsp3) is 0.105. The summed E-state index contributed by atoms with van der Waals surface area (Å²) < 4.78 is 13.2. The highest BCUT2D eigenvalue weighted by molar-refractivity contribution is 6.33. The van der Waals surface area contributed by atoms with Gasteiger partial charge in [-0.3, -0.25) is 4.79 Å². The molecule has 0 fully saturated rings. The first kappa shape index (κ1) is 17.8. The molecule has 0 atom stereocenters. The van der Waals surface area contributed by atoms with Crippen molar-refractivity contribution in [2.24, 2.45) is 0 Å². The average molecular weight is 371 g/mol. The lowest BCUT2D eigenvalue weighted by Crippen LogP contribution is -2.13. The van der Waals surface area contributed by atoms with E-state index in [2.05, 4.69) is 20.6 Å². The van der Waals surface area contributed by atoms with E-state index in [0.717, 1.165) is 11.1 Å². The molecule has 7 heteroatoms. The Labute approximate surface area is 155 Å². The summed E-state index contributed by atoms with van der Waals surface area (Å²) in [6.07, 6.45) is 2.78.